The topological polar surface area (TPSA) is 229 Å². The first-order chi connectivity index (χ1) is 10.2. The van der Waals surface area contributed by atoms with Crippen LogP contribution in [0.1, 0.15) is 0 Å². The van der Waals surface area contributed by atoms with Crippen molar-refractivity contribution >= 4 is 31.2 Å². The number of hydrogen-bond donors (Lipinski definition) is 1. The molecule has 0 aromatic heterocycles. The van der Waals surface area contributed by atoms with Crippen LogP contribution in [0.15, 0.2) is 0 Å². The summed E-state index contributed by atoms with van der Waals surface area (Å²) in [4.78, 5) is 0. The second kappa shape index (κ2) is 13.1. The minimum Gasteiger partial charge on any atom is -0.726 e. The molecule has 4 atom stereocenters. The fourth-order valence-electron chi connectivity index (χ4n) is 1.63. The van der Waals surface area contributed by atoms with Gasteiger partial charge in [0.25, 0.3) is 0 Å². The zero-order valence-corrected chi connectivity index (χ0v) is 22.2. The van der Waals surface area contributed by atoms with Gasteiger partial charge in [-0.25, -0.2) is 25.3 Å². The molecule has 1 heterocycles. The van der Waals surface area contributed by atoms with Gasteiger partial charge in [0.1, 0.15) is 24.4 Å². The molecule has 0 saturated carbocycles. The van der Waals surface area contributed by atoms with Gasteiger partial charge in [0.15, 0.2) is 0 Å². The summed E-state index contributed by atoms with van der Waals surface area (Å²) in [7, 11) is -16.0. The number of rotatable bonds is 7. The van der Waals surface area contributed by atoms with E-state index >= 15 is 0 Å². The summed E-state index contributed by atoms with van der Waals surface area (Å²) in [6.07, 6.45) is -8.12. The second-order valence-corrected chi connectivity index (χ2v) is 7.14. The SMILES string of the molecule is O=S(=O)([O-])OCC1OCC(OS(=O)(=O)[O-])C(O)C1OS(=O)(=O)[O-].[Na+].[Na+].[Na+]. The zero-order valence-electron chi connectivity index (χ0n) is 13.7. The van der Waals surface area contributed by atoms with E-state index in [4.69, 9.17) is 4.74 Å². The van der Waals surface area contributed by atoms with Gasteiger partial charge in [-0.1, -0.05) is 0 Å². The largest absolute Gasteiger partial charge is 1.00 e. The molecule has 0 aromatic rings. The van der Waals surface area contributed by atoms with Gasteiger partial charge in [-0.2, -0.15) is 0 Å². The van der Waals surface area contributed by atoms with Crippen LogP contribution in [0.4, 0.5) is 0 Å². The Balaban J connectivity index is -0.00000176. The molecule has 0 radical (unpaired) electrons. The molecule has 1 saturated heterocycles. The third-order valence-corrected chi connectivity index (χ3v) is 3.77. The Kier molecular flexibility index (Phi) is 16.7. The molecule has 0 amide bonds. The minimum atomic E-state index is -5.47. The van der Waals surface area contributed by atoms with Crippen molar-refractivity contribution in [3.05, 3.63) is 0 Å². The van der Waals surface area contributed by atoms with Crippen LogP contribution in [0.2, 0.25) is 0 Å². The standard InChI is InChI=1S/C6H12O14S3.3Na/c7-5-3(19-22(11,12)13)1-17-4(2-18-21(8,9)10)6(5)20-23(14,15)16;;;/h3-7H,1-2H2,(H,8,9,10)(H,11,12,13)(H,14,15,16);;;/q;3*+1/p-3. The van der Waals surface area contributed by atoms with Gasteiger partial charge in [0, 0.05) is 0 Å². The molecule has 0 bridgehead atoms. The average Bonchev–Trinajstić information content (AvgIpc) is 2.29. The van der Waals surface area contributed by atoms with Gasteiger partial charge in [-0.15, -0.1) is 0 Å². The molecule has 26 heavy (non-hydrogen) atoms. The minimum absolute atomic E-state index is 0. The average molecular weight is 470 g/mol. The molecule has 1 N–H and O–H groups in total. The van der Waals surface area contributed by atoms with Crippen molar-refractivity contribution in [2.45, 2.75) is 24.4 Å². The van der Waals surface area contributed by atoms with Gasteiger partial charge >= 0.3 is 88.7 Å². The number of ether oxygens (including phenoxy) is 1. The summed E-state index contributed by atoms with van der Waals surface area (Å²) >= 11 is 0. The Morgan fingerprint density at radius 1 is 0.885 bits per heavy atom. The van der Waals surface area contributed by atoms with E-state index in [9.17, 15) is 44.0 Å². The van der Waals surface area contributed by atoms with E-state index in [2.05, 4.69) is 12.5 Å². The van der Waals surface area contributed by atoms with Crippen LogP contribution < -0.4 is 88.7 Å². The van der Waals surface area contributed by atoms with E-state index in [1.807, 2.05) is 0 Å². The summed E-state index contributed by atoms with van der Waals surface area (Å²) < 4.78 is 110. The van der Waals surface area contributed by atoms with Crippen molar-refractivity contribution < 1.29 is 150 Å². The fourth-order valence-corrected chi connectivity index (χ4v) is 2.91. The summed E-state index contributed by atoms with van der Waals surface area (Å²) in [5.74, 6) is 0. The predicted molar refractivity (Wildman–Crippen MR) is 60.5 cm³/mol. The first-order valence-corrected chi connectivity index (χ1v) is 9.36. The van der Waals surface area contributed by atoms with E-state index < -0.39 is 68.8 Å². The molecule has 20 heteroatoms. The van der Waals surface area contributed by atoms with Gasteiger partial charge in [0.05, 0.1) is 13.2 Å². The van der Waals surface area contributed by atoms with Gasteiger partial charge < -0.3 is 23.5 Å². The number of aliphatic hydroxyl groups is 1. The van der Waals surface area contributed by atoms with E-state index in [-0.39, 0.29) is 88.7 Å². The first-order valence-electron chi connectivity index (χ1n) is 5.36. The van der Waals surface area contributed by atoms with Crippen LogP contribution in [0.25, 0.3) is 0 Å². The maximum Gasteiger partial charge on any atom is 1.00 e. The molecule has 138 valence electrons. The van der Waals surface area contributed by atoms with Crippen molar-refractivity contribution in [2.24, 2.45) is 0 Å². The van der Waals surface area contributed by atoms with Crippen LogP contribution in [-0.4, -0.2) is 81.6 Å². The third kappa shape index (κ3) is 13.7. The molecule has 1 aliphatic rings. The Bertz CT molecular complexity index is 717. The van der Waals surface area contributed by atoms with Crippen LogP contribution in [0.5, 0.6) is 0 Å². The van der Waals surface area contributed by atoms with Crippen molar-refractivity contribution in [1.82, 2.24) is 0 Å². The summed E-state index contributed by atoms with van der Waals surface area (Å²) in [6, 6.07) is 0. The van der Waals surface area contributed by atoms with Crippen molar-refractivity contribution in [1.29, 1.82) is 0 Å². The van der Waals surface area contributed by atoms with E-state index in [1.54, 1.807) is 0 Å². The molecule has 0 aromatic carbocycles. The molecule has 1 rings (SSSR count). The monoisotopic (exact) mass is 470 g/mol. The van der Waals surface area contributed by atoms with Crippen LogP contribution in [0, 0.1) is 0 Å². The van der Waals surface area contributed by atoms with Gasteiger partial charge in [-0.3, -0.25) is 12.5 Å². The molecule has 14 nitrogen and oxygen atoms in total. The summed E-state index contributed by atoms with van der Waals surface area (Å²) in [5.41, 5.74) is 0. The number of aliphatic hydroxyl groups excluding tert-OH is 1. The second-order valence-electron chi connectivity index (χ2n) is 4.07. The quantitative estimate of drug-likeness (QED) is 0.207. The van der Waals surface area contributed by atoms with Crippen LogP contribution in [0.3, 0.4) is 0 Å². The van der Waals surface area contributed by atoms with Crippen LogP contribution in [-0.2, 0) is 48.5 Å². The smallest absolute Gasteiger partial charge is 0.726 e. The molecule has 4 unspecified atom stereocenters. The van der Waals surface area contributed by atoms with Crippen molar-refractivity contribution in [2.75, 3.05) is 13.2 Å². The Hall–Kier alpha value is 2.53. The van der Waals surface area contributed by atoms with E-state index in [1.165, 1.54) is 0 Å². The molecule has 1 fully saturated rings. The Morgan fingerprint density at radius 3 is 1.73 bits per heavy atom. The van der Waals surface area contributed by atoms with Crippen molar-refractivity contribution in [3.8, 4) is 0 Å². The normalized spacial score (nSPS) is 26.8. The van der Waals surface area contributed by atoms with E-state index in [0.717, 1.165) is 0 Å². The van der Waals surface area contributed by atoms with Crippen LogP contribution >= 0.6 is 0 Å². The molecule has 0 aliphatic carbocycles. The molecule has 1 aliphatic heterocycles. The molecule has 0 spiro atoms. The summed E-state index contributed by atoms with van der Waals surface area (Å²) in [6.45, 7) is -1.99. The first kappa shape index (κ1) is 33.2. The number of hydrogen-bond acceptors (Lipinski definition) is 14. The van der Waals surface area contributed by atoms with Crippen molar-refractivity contribution in [3.63, 3.8) is 0 Å². The van der Waals surface area contributed by atoms with Gasteiger partial charge in [0.2, 0.25) is 31.2 Å². The molecular weight excluding hydrogens is 461 g/mol. The predicted octanol–water partition coefficient (Wildman–Crippen LogP) is -13.1. The Labute approximate surface area is 216 Å². The maximum absolute atomic E-state index is 10.6. The third-order valence-electron chi connectivity index (χ3n) is 2.41. The Morgan fingerprint density at radius 2 is 1.35 bits per heavy atom. The maximum atomic E-state index is 10.6. The fraction of sp³-hybridized carbons (Fsp3) is 1.00. The summed E-state index contributed by atoms with van der Waals surface area (Å²) in [5, 5.41) is 9.74. The van der Waals surface area contributed by atoms with E-state index in [0.29, 0.717) is 0 Å². The van der Waals surface area contributed by atoms with Gasteiger partial charge in [-0.05, 0) is 0 Å². The zero-order chi connectivity index (χ0) is 18.1. The molecular formula is C6H9Na3O14S3.